The Morgan fingerprint density at radius 2 is 1.71 bits per heavy atom. The molecule has 1 aliphatic heterocycles. The molecule has 0 atom stereocenters. The van der Waals surface area contributed by atoms with Crippen LogP contribution in [0.3, 0.4) is 0 Å². The van der Waals surface area contributed by atoms with Gasteiger partial charge in [0, 0.05) is 48.8 Å². The Morgan fingerprint density at radius 3 is 2.39 bits per heavy atom. The van der Waals surface area contributed by atoms with E-state index in [0.717, 1.165) is 37.2 Å². The molecule has 8 heteroatoms. The Kier molecular flexibility index (Phi) is 8.14. The van der Waals surface area contributed by atoms with Crippen LogP contribution in [0.4, 0.5) is 21.9 Å². The molecule has 2 aromatic rings. The van der Waals surface area contributed by atoms with Gasteiger partial charge in [-0.25, -0.2) is 4.79 Å². The average molecular weight is 445 g/mol. The zero-order chi connectivity index (χ0) is 22.2. The van der Waals surface area contributed by atoms with Crippen molar-refractivity contribution >= 4 is 40.6 Å². The number of anilines is 3. The van der Waals surface area contributed by atoms with Gasteiger partial charge in [0.2, 0.25) is 0 Å². The Bertz CT molecular complexity index is 929. The molecule has 2 aromatic carbocycles. The van der Waals surface area contributed by atoms with Gasteiger partial charge in [0.15, 0.2) is 0 Å². The van der Waals surface area contributed by atoms with Crippen LogP contribution in [-0.2, 0) is 4.74 Å². The van der Waals surface area contributed by atoms with E-state index in [-0.39, 0.29) is 5.91 Å². The number of aryl methyl sites for hydroxylation is 1. The van der Waals surface area contributed by atoms with Crippen molar-refractivity contribution in [2.75, 3.05) is 48.9 Å². The van der Waals surface area contributed by atoms with Crippen LogP contribution >= 0.6 is 11.6 Å². The van der Waals surface area contributed by atoms with Crippen molar-refractivity contribution in [1.29, 1.82) is 0 Å². The lowest BCUT2D eigenvalue weighted by molar-refractivity contribution is 0.0937. The van der Waals surface area contributed by atoms with Crippen molar-refractivity contribution in [3.05, 3.63) is 52.5 Å². The summed E-state index contributed by atoms with van der Waals surface area (Å²) in [6.07, 6.45) is 3.41. The first-order valence-corrected chi connectivity index (χ1v) is 10.9. The molecule has 0 aromatic heterocycles. The fourth-order valence-corrected chi connectivity index (χ4v) is 3.71. The number of nitrogens with zero attached hydrogens (tertiary/aromatic N) is 1. The third kappa shape index (κ3) is 6.35. The van der Waals surface area contributed by atoms with Crippen LogP contribution in [0.15, 0.2) is 36.4 Å². The van der Waals surface area contributed by atoms with Crippen LogP contribution in [0.2, 0.25) is 5.02 Å². The minimum atomic E-state index is -0.406. The summed E-state index contributed by atoms with van der Waals surface area (Å²) >= 11 is 6.13. The smallest absolute Gasteiger partial charge is 0.323 e. The van der Waals surface area contributed by atoms with Crippen LogP contribution in [0, 0.1) is 6.92 Å². The molecular weight excluding hydrogens is 416 g/mol. The fraction of sp³-hybridized carbons (Fsp3) is 0.391. The van der Waals surface area contributed by atoms with Gasteiger partial charge in [-0.05, 0) is 62.1 Å². The van der Waals surface area contributed by atoms with Crippen molar-refractivity contribution < 1.29 is 14.3 Å². The Hall–Kier alpha value is -2.77. The first-order chi connectivity index (χ1) is 15.0. The number of amides is 3. The number of carbonyl (C=O) groups excluding carboxylic acids is 2. The van der Waals surface area contributed by atoms with E-state index in [4.69, 9.17) is 16.3 Å². The highest BCUT2D eigenvalue weighted by atomic mass is 35.5. The van der Waals surface area contributed by atoms with E-state index in [1.807, 2.05) is 25.1 Å². The number of hydrogen-bond acceptors (Lipinski definition) is 4. The number of methoxy groups -OCH3 is 1. The topological polar surface area (TPSA) is 82.7 Å². The molecule has 3 amide bonds. The second-order valence-electron chi connectivity index (χ2n) is 7.57. The number of nitrogens with one attached hydrogen (secondary N) is 3. The van der Waals surface area contributed by atoms with Crippen LogP contribution < -0.4 is 20.9 Å². The largest absolute Gasteiger partial charge is 0.383 e. The Labute approximate surface area is 188 Å². The molecule has 0 radical (unpaired) electrons. The van der Waals surface area contributed by atoms with E-state index in [9.17, 15) is 9.59 Å². The third-order valence-corrected chi connectivity index (χ3v) is 5.62. The molecule has 1 aliphatic rings. The number of urea groups is 1. The van der Waals surface area contributed by atoms with Gasteiger partial charge in [-0.2, -0.15) is 0 Å². The highest BCUT2D eigenvalue weighted by Crippen LogP contribution is 2.27. The number of rotatable bonds is 7. The molecule has 1 heterocycles. The first-order valence-electron chi connectivity index (χ1n) is 10.5. The lowest BCUT2D eigenvalue weighted by atomic mass is 10.1. The molecule has 0 spiro atoms. The number of benzene rings is 2. The maximum atomic E-state index is 12.8. The predicted octanol–water partition coefficient (Wildman–Crippen LogP) is 4.66. The fourth-order valence-electron chi connectivity index (χ4n) is 3.53. The lowest BCUT2D eigenvalue weighted by Crippen LogP contribution is -2.33. The van der Waals surface area contributed by atoms with Crippen molar-refractivity contribution in [3.63, 3.8) is 0 Å². The maximum Gasteiger partial charge on any atom is 0.323 e. The van der Waals surface area contributed by atoms with E-state index in [1.165, 1.54) is 6.42 Å². The Balaban J connectivity index is 1.76. The maximum absolute atomic E-state index is 12.8. The highest BCUT2D eigenvalue weighted by Gasteiger charge is 2.19. The van der Waals surface area contributed by atoms with Gasteiger partial charge in [-0.3, -0.25) is 4.79 Å². The van der Waals surface area contributed by atoms with Crippen molar-refractivity contribution in [3.8, 4) is 0 Å². The number of piperidine rings is 1. The molecule has 0 aliphatic carbocycles. The second kappa shape index (κ2) is 11.0. The number of ether oxygens (including phenoxy) is 1. The molecule has 0 saturated carbocycles. The molecular formula is C23H29ClN4O3. The van der Waals surface area contributed by atoms with Crippen molar-refractivity contribution in [1.82, 2.24) is 5.32 Å². The van der Waals surface area contributed by atoms with Crippen LogP contribution in [0.5, 0.6) is 0 Å². The molecule has 31 heavy (non-hydrogen) atoms. The van der Waals surface area contributed by atoms with Gasteiger partial charge < -0.3 is 25.6 Å². The van der Waals surface area contributed by atoms with E-state index >= 15 is 0 Å². The zero-order valence-corrected chi connectivity index (χ0v) is 18.7. The van der Waals surface area contributed by atoms with Gasteiger partial charge in [-0.1, -0.05) is 17.7 Å². The first kappa shape index (κ1) is 22.9. The standard InChI is InChI=1S/C23H29ClN4O3/c1-16-6-7-18(15-20(16)24)27-23(30)26-17-8-9-21(28-11-4-3-5-12-28)19(14-17)22(29)25-10-13-31-2/h6-9,14-15H,3-5,10-13H2,1-2H3,(H,25,29)(H2,26,27,30). The van der Waals surface area contributed by atoms with Crippen molar-refractivity contribution in [2.45, 2.75) is 26.2 Å². The van der Waals surface area contributed by atoms with Crippen LogP contribution in [-0.4, -0.2) is 45.3 Å². The Morgan fingerprint density at radius 1 is 1.03 bits per heavy atom. The molecule has 1 fully saturated rings. The summed E-state index contributed by atoms with van der Waals surface area (Å²) in [5.41, 5.74) is 3.48. The molecule has 0 bridgehead atoms. The molecule has 3 N–H and O–H groups in total. The number of halogens is 1. The highest BCUT2D eigenvalue weighted by molar-refractivity contribution is 6.31. The normalized spacial score (nSPS) is 13.6. The van der Waals surface area contributed by atoms with Crippen LogP contribution in [0.25, 0.3) is 0 Å². The minimum Gasteiger partial charge on any atom is -0.383 e. The molecule has 166 valence electrons. The lowest BCUT2D eigenvalue weighted by Gasteiger charge is -2.30. The third-order valence-electron chi connectivity index (χ3n) is 5.22. The van der Waals surface area contributed by atoms with Gasteiger partial charge >= 0.3 is 6.03 Å². The average Bonchev–Trinajstić information content (AvgIpc) is 2.77. The SMILES string of the molecule is COCCNC(=O)c1cc(NC(=O)Nc2ccc(C)c(Cl)c2)ccc1N1CCCCC1. The second-order valence-corrected chi connectivity index (χ2v) is 7.98. The van der Waals surface area contributed by atoms with E-state index in [1.54, 1.807) is 25.3 Å². The van der Waals surface area contributed by atoms with E-state index in [2.05, 4.69) is 20.9 Å². The van der Waals surface area contributed by atoms with E-state index in [0.29, 0.717) is 35.1 Å². The number of hydrogen-bond donors (Lipinski definition) is 3. The van der Waals surface area contributed by atoms with Gasteiger partial charge in [0.25, 0.3) is 5.91 Å². The molecule has 7 nitrogen and oxygen atoms in total. The summed E-state index contributed by atoms with van der Waals surface area (Å²) in [7, 11) is 1.59. The number of carbonyl (C=O) groups is 2. The zero-order valence-electron chi connectivity index (χ0n) is 18.0. The summed E-state index contributed by atoms with van der Waals surface area (Å²) < 4.78 is 5.02. The van der Waals surface area contributed by atoms with Crippen molar-refractivity contribution in [2.24, 2.45) is 0 Å². The summed E-state index contributed by atoms with van der Waals surface area (Å²) in [6.45, 7) is 4.58. The summed E-state index contributed by atoms with van der Waals surface area (Å²) in [6, 6.07) is 10.4. The summed E-state index contributed by atoms with van der Waals surface area (Å²) in [4.78, 5) is 27.5. The van der Waals surface area contributed by atoms with Gasteiger partial charge in [0.1, 0.15) is 0 Å². The predicted molar refractivity (Wildman–Crippen MR) is 126 cm³/mol. The molecule has 0 unspecified atom stereocenters. The molecule has 3 rings (SSSR count). The minimum absolute atomic E-state index is 0.188. The van der Waals surface area contributed by atoms with Crippen LogP contribution in [0.1, 0.15) is 35.2 Å². The summed E-state index contributed by atoms with van der Waals surface area (Å²) in [5, 5.41) is 9.03. The summed E-state index contributed by atoms with van der Waals surface area (Å²) in [5.74, 6) is -0.188. The molecule has 1 saturated heterocycles. The quantitative estimate of drug-likeness (QED) is 0.542. The van der Waals surface area contributed by atoms with Gasteiger partial charge in [0.05, 0.1) is 12.2 Å². The van der Waals surface area contributed by atoms with E-state index < -0.39 is 6.03 Å². The van der Waals surface area contributed by atoms with Gasteiger partial charge in [-0.15, -0.1) is 0 Å². The monoisotopic (exact) mass is 444 g/mol.